The van der Waals surface area contributed by atoms with Crippen LogP contribution in [0.3, 0.4) is 0 Å². The Morgan fingerprint density at radius 2 is 2.04 bits per heavy atom. The van der Waals surface area contributed by atoms with Gasteiger partial charge in [0.2, 0.25) is 11.7 Å². The van der Waals surface area contributed by atoms with Crippen molar-refractivity contribution in [3.05, 3.63) is 47.2 Å². The van der Waals surface area contributed by atoms with Gasteiger partial charge in [-0.1, -0.05) is 17.3 Å². The van der Waals surface area contributed by atoms with Gasteiger partial charge in [-0.05, 0) is 48.5 Å². The summed E-state index contributed by atoms with van der Waals surface area (Å²) >= 11 is 1.62. The lowest BCUT2D eigenvalue weighted by Gasteiger charge is -2.23. The Morgan fingerprint density at radius 3 is 2.93 bits per heavy atom. The summed E-state index contributed by atoms with van der Waals surface area (Å²) in [7, 11) is 0. The van der Waals surface area contributed by atoms with E-state index in [1.54, 1.807) is 11.3 Å². The second-order valence-corrected chi connectivity index (χ2v) is 7.82. The Balaban J connectivity index is 1.34. The molecular formula is C20H21N3O3S. The molecule has 6 nitrogen and oxygen atoms in total. The van der Waals surface area contributed by atoms with E-state index in [2.05, 4.69) is 27.2 Å². The third kappa shape index (κ3) is 3.44. The molecule has 3 aromatic rings. The zero-order valence-corrected chi connectivity index (χ0v) is 15.8. The third-order valence-corrected chi connectivity index (χ3v) is 5.93. The molecule has 2 aliphatic rings. The van der Waals surface area contributed by atoms with Crippen molar-refractivity contribution in [1.29, 1.82) is 0 Å². The molecule has 0 amide bonds. The molecule has 2 aliphatic heterocycles. The Hall–Kier alpha value is -2.38. The Morgan fingerprint density at radius 1 is 1.11 bits per heavy atom. The molecule has 0 spiro atoms. The topological polar surface area (TPSA) is 60.6 Å². The van der Waals surface area contributed by atoms with Crippen LogP contribution in [0.1, 0.15) is 36.8 Å². The molecule has 140 valence electrons. The predicted octanol–water partition coefficient (Wildman–Crippen LogP) is 4.30. The van der Waals surface area contributed by atoms with Gasteiger partial charge in [0.25, 0.3) is 0 Å². The van der Waals surface area contributed by atoms with Gasteiger partial charge >= 0.3 is 0 Å². The second kappa shape index (κ2) is 7.32. The first-order chi connectivity index (χ1) is 13.4. The summed E-state index contributed by atoms with van der Waals surface area (Å²) in [5.74, 6) is 3.04. The number of thiophene rings is 1. The zero-order chi connectivity index (χ0) is 18.1. The third-order valence-electron chi connectivity index (χ3n) is 5.07. The van der Waals surface area contributed by atoms with Crippen LogP contribution in [0.25, 0.3) is 10.7 Å². The number of nitrogens with zero attached hydrogens (tertiary/aromatic N) is 3. The van der Waals surface area contributed by atoms with E-state index >= 15 is 0 Å². The quantitative estimate of drug-likeness (QED) is 0.670. The molecule has 7 heteroatoms. The summed E-state index contributed by atoms with van der Waals surface area (Å²) in [5, 5.41) is 6.15. The average Bonchev–Trinajstić information content (AvgIpc) is 3.42. The minimum absolute atomic E-state index is 0.333. The van der Waals surface area contributed by atoms with Gasteiger partial charge in [0.1, 0.15) is 0 Å². The molecule has 1 aromatic carbocycles. The summed E-state index contributed by atoms with van der Waals surface area (Å²) in [4.78, 5) is 8.01. The van der Waals surface area contributed by atoms with Gasteiger partial charge in [0.05, 0.1) is 24.6 Å². The Labute approximate surface area is 161 Å². The SMILES string of the molecule is c1csc(-c2noc(CN3CCCC3c3ccc4c(c3)OCCCO4)n2)c1. The van der Waals surface area contributed by atoms with Crippen LogP contribution >= 0.6 is 11.3 Å². The number of fused-ring (bicyclic) bond motifs is 1. The lowest BCUT2D eigenvalue weighted by Crippen LogP contribution is -2.23. The molecule has 0 saturated carbocycles. The number of benzene rings is 1. The van der Waals surface area contributed by atoms with Crippen molar-refractivity contribution in [2.45, 2.75) is 31.8 Å². The predicted molar refractivity (Wildman–Crippen MR) is 102 cm³/mol. The summed E-state index contributed by atoms with van der Waals surface area (Å²) in [6.07, 6.45) is 3.19. The first-order valence-corrected chi connectivity index (χ1v) is 10.2. The highest BCUT2D eigenvalue weighted by molar-refractivity contribution is 7.13. The first kappa shape index (κ1) is 16.8. The lowest BCUT2D eigenvalue weighted by atomic mass is 10.0. The maximum atomic E-state index is 5.86. The molecule has 27 heavy (non-hydrogen) atoms. The number of ether oxygens (including phenoxy) is 2. The van der Waals surface area contributed by atoms with Gasteiger partial charge in [0.15, 0.2) is 11.5 Å². The molecule has 0 N–H and O–H groups in total. The molecule has 0 aliphatic carbocycles. The van der Waals surface area contributed by atoms with Crippen molar-refractivity contribution in [3.8, 4) is 22.2 Å². The molecular weight excluding hydrogens is 362 g/mol. The fraction of sp³-hybridized carbons (Fsp3) is 0.400. The van der Waals surface area contributed by atoms with E-state index in [1.807, 2.05) is 23.6 Å². The van der Waals surface area contributed by atoms with E-state index in [4.69, 9.17) is 14.0 Å². The average molecular weight is 383 g/mol. The van der Waals surface area contributed by atoms with Crippen molar-refractivity contribution >= 4 is 11.3 Å². The van der Waals surface area contributed by atoms with Gasteiger partial charge in [-0.3, -0.25) is 4.90 Å². The molecule has 1 atom stereocenters. The van der Waals surface area contributed by atoms with Crippen LogP contribution in [-0.4, -0.2) is 34.8 Å². The van der Waals surface area contributed by atoms with Crippen LogP contribution < -0.4 is 9.47 Å². The van der Waals surface area contributed by atoms with E-state index in [-0.39, 0.29) is 0 Å². The number of aromatic nitrogens is 2. The molecule has 1 saturated heterocycles. The van der Waals surface area contributed by atoms with Gasteiger partial charge in [0, 0.05) is 12.5 Å². The molecule has 5 rings (SSSR count). The molecule has 0 bridgehead atoms. The van der Waals surface area contributed by atoms with Crippen LogP contribution in [0.4, 0.5) is 0 Å². The first-order valence-electron chi connectivity index (χ1n) is 9.37. The lowest BCUT2D eigenvalue weighted by molar-refractivity contribution is 0.212. The molecule has 4 heterocycles. The smallest absolute Gasteiger partial charge is 0.241 e. The zero-order valence-electron chi connectivity index (χ0n) is 15.0. The van der Waals surface area contributed by atoms with Crippen LogP contribution in [0.5, 0.6) is 11.5 Å². The van der Waals surface area contributed by atoms with Crippen LogP contribution in [0.2, 0.25) is 0 Å². The minimum Gasteiger partial charge on any atom is -0.490 e. The fourth-order valence-corrected chi connectivity index (χ4v) is 4.43. The summed E-state index contributed by atoms with van der Waals surface area (Å²) < 4.78 is 17.1. The van der Waals surface area contributed by atoms with Gasteiger partial charge in [-0.15, -0.1) is 11.3 Å². The minimum atomic E-state index is 0.333. The number of hydrogen-bond donors (Lipinski definition) is 0. The van der Waals surface area contributed by atoms with E-state index in [0.717, 1.165) is 42.2 Å². The molecule has 0 radical (unpaired) electrons. The standard InChI is InChI=1S/C20H21N3O3S/c1-4-15(14-6-7-16-17(12-14)25-10-3-9-24-16)23(8-1)13-19-21-20(22-26-19)18-5-2-11-27-18/h2,5-7,11-12,15H,1,3-4,8-10,13H2. The van der Waals surface area contributed by atoms with Crippen LogP contribution in [-0.2, 0) is 6.54 Å². The monoisotopic (exact) mass is 383 g/mol. The van der Waals surface area contributed by atoms with Gasteiger partial charge < -0.3 is 14.0 Å². The van der Waals surface area contributed by atoms with E-state index in [9.17, 15) is 0 Å². The summed E-state index contributed by atoms with van der Waals surface area (Å²) in [5.41, 5.74) is 1.26. The van der Waals surface area contributed by atoms with Crippen molar-refractivity contribution < 1.29 is 14.0 Å². The highest BCUT2D eigenvalue weighted by atomic mass is 32.1. The summed E-state index contributed by atoms with van der Waals surface area (Å²) in [6.45, 7) is 3.11. The fourth-order valence-electron chi connectivity index (χ4n) is 3.78. The largest absolute Gasteiger partial charge is 0.490 e. The second-order valence-electron chi connectivity index (χ2n) is 6.87. The van der Waals surface area contributed by atoms with Crippen molar-refractivity contribution in [3.63, 3.8) is 0 Å². The Bertz CT molecular complexity index is 909. The highest BCUT2D eigenvalue weighted by Gasteiger charge is 2.28. The summed E-state index contributed by atoms with van der Waals surface area (Å²) in [6, 6.07) is 10.7. The molecule has 1 unspecified atom stereocenters. The van der Waals surface area contributed by atoms with Gasteiger partial charge in [-0.25, -0.2) is 0 Å². The van der Waals surface area contributed by atoms with E-state index < -0.39 is 0 Å². The maximum absolute atomic E-state index is 5.86. The number of hydrogen-bond acceptors (Lipinski definition) is 7. The maximum Gasteiger partial charge on any atom is 0.241 e. The van der Waals surface area contributed by atoms with Crippen molar-refractivity contribution in [2.75, 3.05) is 19.8 Å². The highest BCUT2D eigenvalue weighted by Crippen LogP contribution is 2.38. The van der Waals surface area contributed by atoms with E-state index in [1.165, 1.54) is 5.56 Å². The van der Waals surface area contributed by atoms with E-state index in [0.29, 0.717) is 37.5 Å². The van der Waals surface area contributed by atoms with Crippen molar-refractivity contribution in [2.24, 2.45) is 0 Å². The van der Waals surface area contributed by atoms with Crippen LogP contribution in [0.15, 0.2) is 40.2 Å². The van der Waals surface area contributed by atoms with Crippen molar-refractivity contribution in [1.82, 2.24) is 15.0 Å². The van der Waals surface area contributed by atoms with Crippen LogP contribution in [0, 0.1) is 0 Å². The molecule has 1 fully saturated rings. The molecule has 2 aromatic heterocycles. The Kier molecular flexibility index (Phi) is 4.55. The number of likely N-dealkylation sites (tertiary alicyclic amines) is 1. The van der Waals surface area contributed by atoms with Gasteiger partial charge in [-0.2, -0.15) is 4.98 Å². The number of rotatable bonds is 4. The normalized spacial score (nSPS) is 19.9.